The van der Waals surface area contributed by atoms with Crippen LogP contribution in [0.25, 0.3) is 0 Å². The Morgan fingerprint density at radius 3 is 2.12 bits per heavy atom. The monoisotopic (exact) mass is 242 g/mol. The minimum Gasteiger partial charge on any atom is -0.480 e. The summed E-state index contributed by atoms with van der Waals surface area (Å²) in [6, 6.07) is -3.20. The lowest BCUT2D eigenvalue weighted by atomic mass is 10.2. The summed E-state index contributed by atoms with van der Waals surface area (Å²) in [6.45, 7) is 2.38. The molecule has 0 rings (SSSR count). The molecule has 2 atom stereocenters. The second-order valence-electron chi connectivity index (χ2n) is 3.40. The average molecular weight is 242 g/mol. The number of carboxylic acid groups (broad SMARTS) is 1. The zero-order chi connectivity index (χ0) is 12.9. The fourth-order valence-corrected chi connectivity index (χ4v) is 0.922. The van der Waals surface area contributed by atoms with Gasteiger partial charge < -0.3 is 15.7 Å². The Balaban J connectivity index is 4.01. The van der Waals surface area contributed by atoms with E-state index in [1.165, 1.54) is 13.8 Å². The van der Waals surface area contributed by atoms with Gasteiger partial charge in [0.15, 0.2) is 0 Å². The first-order valence-corrected chi connectivity index (χ1v) is 4.48. The lowest BCUT2D eigenvalue weighted by Crippen LogP contribution is -2.47. The van der Waals surface area contributed by atoms with E-state index >= 15 is 0 Å². The molecule has 0 aliphatic carbocycles. The first kappa shape index (κ1) is 14.5. The Morgan fingerprint density at radius 2 is 1.75 bits per heavy atom. The van der Waals surface area contributed by atoms with E-state index in [9.17, 15) is 22.8 Å². The summed E-state index contributed by atoms with van der Waals surface area (Å²) in [7, 11) is 0. The number of amides is 2. The first-order valence-electron chi connectivity index (χ1n) is 4.48. The third kappa shape index (κ3) is 6.91. The summed E-state index contributed by atoms with van der Waals surface area (Å²) in [5, 5.41) is 12.4. The van der Waals surface area contributed by atoms with Crippen LogP contribution in [0.5, 0.6) is 0 Å². The van der Waals surface area contributed by atoms with Gasteiger partial charge in [0.25, 0.3) is 0 Å². The molecular formula is C8H13F3N2O3. The molecule has 5 nitrogen and oxygen atoms in total. The standard InChI is InChI=1S/C8H13F3N2O3/c1-4(3-8(9,10)11)12-7(16)13-5(2)6(14)15/h4-5H,3H2,1-2H3,(H,14,15)(H2,12,13,16)/t4?,5-/m0/s1. The number of nitrogens with one attached hydrogen (secondary N) is 2. The third-order valence-corrected chi connectivity index (χ3v) is 1.63. The molecule has 1 unspecified atom stereocenters. The summed E-state index contributed by atoms with van der Waals surface area (Å²) < 4.78 is 35.6. The maximum atomic E-state index is 11.9. The fraction of sp³-hybridized carbons (Fsp3) is 0.750. The number of hydrogen-bond donors (Lipinski definition) is 3. The SMILES string of the molecule is CC(CC(F)(F)F)NC(=O)N[C@@H](C)C(=O)O. The van der Waals surface area contributed by atoms with Crippen LogP contribution in [0.4, 0.5) is 18.0 Å². The van der Waals surface area contributed by atoms with Crippen LogP contribution in [0.3, 0.4) is 0 Å². The van der Waals surface area contributed by atoms with Gasteiger partial charge in [-0.15, -0.1) is 0 Å². The molecule has 0 spiro atoms. The van der Waals surface area contributed by atoms with Gasteiger partial charge in [-0.05, 0) is 13.8 Å². The van der Waals surface area contributed by atoms with Gasteiger partial charge in [0.1, 0.15) is 6.04 Å². The summed E-state index contributed by atoms with van der Waals surface area (Å²) in [4.78, 5) is 21.3. The Kier molecular flexibility index (Phi) is 5.06. The zero-order valence-corrected chi connectivity index (χ0v) is 8.76. The molecular weight excluding hydrogens is 229 g/mol. The van der Waals surface area contributed by atoms with Crippen LogP contribution in [0.15, 0.2) is 0 Å². The Hall–Kier alpha value is -1.47. The highest BCUT2D eigenvalue weighted by Crippen LogP contribution is 2.21. The van der Waals surface area contributed by atoms with Crippen LogP contribution in [0, 0.1) is 0 Å². The predicted octanol–water partition coefficient (Wildman–Crippen LogP) is 1.10. The van der Waals surface area contributed by atoms with E-state index in [1.54, 1.807) is 0 Å². The number of rotatable bonds is 4. The highest BCUT2D eigenvalue weighted by atomic mass is 19.4. The highest BCUT2D eigenvalue weighted by molar-refractivity contribution is 5.82. The van der Waals surface area contributed by atoms with Crippen molar-refractivity contribution in [3.05, 3.63) is 0 Å². The second-order valence-corrected chi connectivity index (χ2v) is 3.40. The molecule has 0 radical (unpaired) electrons. The van der Waals surface area contributed by atoms with Crippen molar-refractivity contribution >= 4 is 12.0 Å². The molecule has 0 aliphatic rings. The van der Waals surface area contributed by atoms with E-state index in [-0.39, 0.29) is 0 Å². The van der Waals surface area contributed by atoms with Gasteiger partial charge in [0.05, 0.1) is 6.42 Å². The second kappa shape index (κ2) is 5.57. The number of hydrogen-bond acceptors (Lipinski definition) is 2. The Bertz CT molecular complexity index is 268. The molecule has 94 valence electrons. The first-order chi connectivity index (χ1) is 7.11. The molecule has 0 fully saturated rings. The lowest BCUT2D eigenvalue weighted by Gasteiger charge is -2.17. The molecule has 0 aliphatic heterocycles. The quantitative estimate of drug-likeness (QED) is 0.690. The van der Waals surface area contributed by atoms with Crippen molar-refractivity contribution in [2.45, 2.75) is 38.5 Å². The van der Waals surface area contributed by atoms with Crippen LogP contribution < -0.4 is 10.6 Å². The van der Waals surface area contributed by atoms with Gasteiger partial charge in [0.2, 0.25) is 0 Å². The molecule has 0 aromatic heterocycles. The van der Waals surface area contributed by atoms with E-state index in [0.29, 0.717) is 0 Å². The van der Waals surface area contributed by atoms with Crippen molar-refractivity contribution in [3.8, 4) is 0 Å². The number of alkyl halides is 3. The van der Waals surface area contributed by atoms with E-state index in [1.807, 2.05) is 10.6 Å². The molecule has 0 aromatic carbocycles. The largest absolute Gasteiger partial charge is 0.480 e. The minimum atomic E-state index is -4.37. The molecule has 8 heteroatoms. The number of halogens is 3. The van der Waals surface area contributed by atoms with Gasteiger partial charge in [-0.2, -0.15) is 13.2 Å². The fourth-order valence-electron chi connectivity index (χ4n) is 0.922. The van der Waals surface area contributed by atoms with Crippen molar-refractivity contribution in [2.75, 3.05) is 0 Å². The van der Waals surface area contributed by atoms with Crippen LogP contribution in [0.1, 0.15) is 20.3 Å². The predicted molar refractivity (Wildman–Crippen MR) is 48.9 cm³/mol. The lowest BCUT2D eigenvalue weighted by molar-refractivity contribution is -0.140. The maximum Gasteiger partial charge on any atom is 0.391 e. The van der Waals surface area contributed by atoms with Crippen molar-refractivity contribution in [2.24, 2.45) is 0 Å². The Morgan fingerprint density at radius 1 is 1.25 bits per heavy atom. The zero-order valence-electron chi connectivity index (χ0n) is 8.76. The average Bonchev–Trinajstić information content (AvgIpc) is 1.98. The van der Waals surface area contributed by atoms with Crippen molar-refractivity contribution in [1.29, 1.82) is 0 Å². The summed E-state index contributed by atoms with van der Waals surface area (Å²) in [5.74, 6) is -1.27. The highest BCUT2D eigenvalue weighted by Gasteiger charge is 2.30. The van der Waals surface area contributed by atoms with Gasteiger partial charge in [-0.1, -0.05) is 0 Å². The summed E-state index contributed by atoms with van der Waals surface area (Å²) in [6.07, 6.45) is -5.53. The van der Waals surface area contributed by atoms with E-state index in [2.05, 4.69) is 0 Å². The molecule has 0 saturated heterocycles. The van der Waals surface area contributed by atoms with Gasteiger partial charge in [-0.3, -0.25) is 4.79 Å². The molecule has 3 N–H and O–H groups in total. The van der Waals surface area contributed by atoms with Gasteiger partial charge in [0, 0.05) is 6.04 Å². The molecule has 16 heavy (non-hydrogen) atoms. The van der Waals surface area contributed by atoms with Crippen molar-refractivity contribution in [1.82, 2.24) is 10.6 Å². The number of carbonyl (C=O) groups is 2. The molecule has 0 saturated carbocycles. The molecule has 0 bridgehead atoms. The number of carboxylic acids is 1. The van der Waals surface area contributed by atoms with Crippen molar-refractivity contribution in [3.63, 3.8) is 0 Å². The summed E-state index contributed by atoms with van der Waals surface area (Å²) in [5.41, 5.74) is 0. The van der Waals surface area contributed by atoms with Crippen LogP contribution >= 0.6 is 0 Å². The Labute approximate surface area is 90.0 Å². The number of carbonyl (C=O) groups excluding carboxylic acids is 1. The van der Waals surface area contributed by atoms with Crippen LogP contribution in [-0.4, -0.2) is 35.4 Å². The normalized spacial score (nSPS) is 15.1. The molecule has 0 aromatic rings. The smallest absolute Gasteiger partial charge is 0.391 e. The van der Waals surface area contributed by atoms with Crippen LogP contribution in [0.2, 0.25) is 0 Å². The van der Waals surface area contributed by atoms with Gasteiger partial charge in [-0.25, -0.2) is 4.79 Å². The number of aliphatic carboxylic acids is 1. The minimum absolute atomic E-state index is 0.938. The summed E-state index contributed by atoms with van der Waals surface area (Å²) >= 11 is 0. The van der Waals surface area contributed by atoms with E-state index < -0.39 is 36.7 Å². The molecule has 2 amide bonds. The van der Waals surface area contributed by atoms with E-state index in [0.717, 1.165) is 0 Å². The van der Waals surface area contributed by atoms with E-state index in [4.69, 9.17) is 5.11 Å². The third-order valence-electron chi connectivity index (χ3n) is 1.63. The topological polar surface area (TPSA) is 78.4 Å². The maximum absolute atomic E-state index is 11.9. The van der Waals surface area contributed by atoms with Crippen molar-refractivity contribution < 1.29 is 27.9 Å². The van der Waals surface area contributed by atoms with Crippen LogP contribution in [-0.2, 0) is 4.79 Å². The molecule has 0 heterocycles. The van der Waals surface area contributed by atoms with Gasteiger partial charge >= 0.3 is 18.2 Å². The number of urea groups is 1.